The van der Waals surface area contributed by atoms with Crippen molar-refractivity contribution in [1.82, 2.24) is 9.38 Å². The SMILES string of the molecule is [C-]#[N+]c1cc(C)c(-c2ccc3c(c2)c2ccc[c-]c2c2nccn32)c(C)c1.[Ir]. The van der Waals surface area contributed by atoms with Crippen molar-refractivity contribution in [2.75, 3.05) is 0 Å². The topological polar surface area (TPSA) is 21.7 Å². The molecule has 0 aliphatic rings. The molecule has 28 heavy (non-hydrogen) atoms. The van der Waals surface area contributed by atoms with Crippen LogP contribution < -0.4 is 0 Å². The van der Waals surface area contributed by atoms with Gasteiger partial charge in [0.05, 0.1) is 12.2 Å². The summed E-state index contributed by atoms with van der Waals surface area (Å²) in [5.74, 6) is 0. The Morgan fingerprint density at radius 1 is 1.04 bits per heavy atom. The summed E-state index contributed by atoms with van der Waals surface area (Å²) in [4.78, 5) is 8.11. The fraction of sp³-hybridized carbons (Fsp3) is 0.0833. The van der Waals surface area contributed by atoms with E-state index in [9.17, 15) is 0 Å². The van der Waals surface area contributed by atoms with E-state index in [4.69, 9.17) is 6.57 Å². The Bertz CT molecular complexity index is 1380. The van der Waals surface area contributed by atoms with Gasteiger partial charge in [-0.2, -0.15) is 0 Å². The summed E-state index contributed by atoms with van der Waals surface area (Å²) in [6, 6.07) is 19.9. The first kappa shape index (κ1) is 18.4. The predicted molar refractivity (Wildman–Crippen MR) is 110 cm³/mol. The van der Waals surface area contributed by atoms with Crippen LogP contribution in [0.15, 0.2) is 60.9 Å². The number of imidazole rings is 1. The van der Waals surface area contributed by atoms with E-state index in [2.05, 4.69) is 58.4 Å². The molecular formula is C24H16IrN3-. The van der Waals surface area contributed by atoms with Crippen LogP contribution in [0.1, 0.15) is 11.1 Å². The maximum atomic E-state index is 7.28. The number of nitrogens with zero attached hydrogens (tertiary/aromatic N) is 3. The average molecular weight is 539 g/mol. The zero-order chi connectivity index (χ0) is 18.5. The van der Waals surface area contributed by atoms with E-state index in [1.54, 1.807) is 0 Å². The largest absolute Gasteiger partial charge is 0.340 e. The molecule has 0 aliphatic heterocycles. The standard InChI is InChI=1S/C24H16N3.Ir/c1-15-12-18(25-3)13-16(2)23(15)17-8-9-22-21(14-17)19-6-4-5-7-20(19)24-26-10-11-27(22)24;/h4-6,8-14H,1-2H3;/q-1;. The monoisotopic (exact) mass is 539 g/mol. The van der Waals surface area contributed by atoms with Crippen LogP contribution in [0, 0.1) is 26.5 Å². The quantitative estimate of drug-likeness (QED) is 0.182. The predicted octanol–water partition coefficient (Wildman–Crippen LogP) is 6.27. The van der Waals surface area contributed by atoms with Crippen molar-refractivity contribution in [1.29, 1.82) is 0 Å². The molecule has 0 amide bonds. The Hall–Kier alpha value is -2.99. The number of pyridine rings is 1. The van der Waals surface area contributed by atoms with Gasteiger partial charge in [-0.15, -0.1) is 29.7 Å². The Morgan fingerprint density at radius 3 is 2.57 bits per heavy atom. The Labute approximate surface area is 176 Å². The zero-order valence-corrected chi connectivity index (χ0v) is 17.8. The summed E-state index contributed by atoms with van der Waals surface area (Å²) in [6.45, 7) is 11.4. The average Bonchev–Trinajstić information content (AvgIpc) is 3.17. The molecule has 5 rings (SSSR count). The van der Waals surface area contributed by atoms with Crippen LogP contribution in [0.25, 0.3) is 43.3 Å². The summed E-state index contributed by atoms with van der Waals surface area (Å²) in [7, 11) is 0. The van der Waals surface area contributed by atoms with Crippen LogP contribution >= 0.6 is 0 Å². The van der Waals surface area contributed by atoms with Crippen LogP contribution in [0.3, 0.4) is 0 Å². The van der Waals surface area contributed by atoms with Gasteiger partial charge in [-0.25, -0.2) is 4.85 Å². The minimum absolute atomic E-state index is 0. The summed E-state index contributed by atoms with van der Waals surface area (Å²) in [5, 5.41) is 3.36. The van der Waals surface area contributed by atoms with Gasteiger partial charge >= 0.3 is 0 Å². The van der Waals surface area contributed by atoms with E-state index in [-0.39, 0.29) is 20.1 Å². The number of rotatable bonds is 1. The molecule has 3 aromatic carbocycles. The van der Waals surface area contributed by atoms with Gasteiger partial charge in [0, 0.05) is 38.0 Å². The van der Waals surface area contributed by atoms with Crippen LogP contribution in [-0.2, 0) is 20.1 Å². The summed E-state index contributed by atoms with van der Waals surface area (Å²) < 4.78 is 2.12. The van der Waals surface area contributed by atoms with Gasteiger partial charge in [-0.05, 0) is 36.4 Å². The second kappa shape index (κ2) is 6.87. The van der Waals surface area contributed by atoms with Crippen molar-refractivity contribution in [3.05, 3.63) is 89.5 Å². The van der Waals surface area contributed by atoms with Crippen LogP contribution in [-0.4, -0.2) is 9.38 Å². The molecule has 0 bridgehead atoms. The smallest absolute Gasteiger partial charge is 0.187 e. The van der Waals surface area contributed by atoms with Crippen LogP contribution in [0.4, 0.5) is 5.69 Å². The molecule has 0 spiro atoms. The molecule has 2 heterocycles. The Kier molecular flexibility index (Phi) is 4.51. The molecule has 2 aromatic heterocycles. The van der Waals surface area contributed by atoms with Crippen molar-refractivity contribution < 1.29 is 20.1 Å². The van der Waals surface area contributed by atoms with Gasteiger partial charge in [0.1, 0.15) is 0 Å². The van der Waals surface area contributed by atoms with E-state index in [1.807, 2.05) is 36.7 Å². The van der Waals surface area contributed by atoms with Crippen molar-refractivity contribution in [2.45, 2.75) is 13.8 Å². The van der Waals surface area contributed by atoms with E-state index in [0.29, 0.717) is 5.69 Å². The van der Waals surface area contributed by atoms with E-state index in [1.165, 1.54) is 16.5 Å². The minimum atomic E-state index is 0. The molecule has 0 fully saturated rings. The molecule has 137 valence electrons. The molecule has 0 saturated carbocycles. The normalized spacial score (nSPS) is 10.9. The van der Waals surface area contributed by atoms with Crippen molar-refractivity contribution >= 4 is 33.0 Å². The van der Waals surface area contributed by atoms with Crippen LogP contribution in [0.5, 0.6) is 0 Å². The van der Waals surface area contributed by atoms with E-state index >= 15 is 0 Å². The van der Waals surface area contributed by atoms with Crippen molar-refractivity contribution in [3.63, 3.8) is 0 Å². The van der Waals surface area contributed by atoms with Gasteiger partial charge < -0.3 is 4.40 Å². The molecular weight excluding hydrogens is 523 g/mol. The minimum Gasteiger partial charge on any atom is -0.340 e. The molecule has 4 heteroatoms. The van der Waals surface area contributed by atoms with Gasteiger partial charge in [-0.1, -0.05) is 40.8 Å². The molecule has 0 aliphatic carbocycles. The fourth-order valence-electron chi connectivity index (χ4n) is 4.11. The van der Waals surface area contributed by atoms with Gasteiger partial charge in [-0.3, -0.25) is 4.98 Å². The van der Waals surface area contributed by atoms with Crippen LogP contribution in [0.2, 0.25) is 0 Å². The molecule has 0 saturated heterocycles. The number of benzene rings is 3. The number of fused-ring (bicyclic) bond motifs is 6. The third kappa shape index (κ3) is 2.64. The first-order valence-corrected chi connectivity index (χ1v) is 8.85. The van der Waals surface area contributed by atoms with Gasteiger partial charge in [0.15, 0.2) is 5.69 Å². The second-order valence-corrected chi connectivity index (χ2v) is 6.88. The Balaban J connectivity index is 0.00000192. The van der Waals surface area contributed by atoms with E-state index in [0.717, 1.165) is 33.1 Å². The molecule has 5 aromatic rings. The molecule has 0 atom stereocenters. The van der Waals surface area contributed by atoms with Gasteiger partial charge in [0.25, 0.3) is 0 Å². The number of hydrogen-bond acceptors (Lipinski definition) is 1. The molecule has 3 nitrogen and oxygen atoms in total. The Morgan fingerprint density at radius 2 is 1.82 bits per heavy atom. The second-order valence-electron chi connectivity index (χ2n) is 6.88. The van der Waals surface area contributed by atoms with Crippen molar-refractivity contribution in [2.24, 2.45) is 0 Å². The van der Waals surface area contributed by atoms with E-state index < -0.39 is 0 Å². The molecule has 0 unspecified atom stereocenters. The summed E-state index contributed by atoms with van der Waals surface area (Å²) in [6.07, 6.45) is 3.83. The van der Waals surface area contributed by atoms with Gasteiger partial charge in [0.2, 0.25) is 0 Å². The fourth-order valence-corrected chi connectivity index (χ4v) is 4.11. The third-order valence-electron chi connectivity index (χ3n) is 5.20. The maximum absolute atomic E-state index is 7.28. The summed E-state index contributed by atoms with van der Waals surface area (Å²) in [5.41, 5.74) is 7.36. The first-order chi connectivity index (χ1) is 13.2. The third-order valence-corrected chi connectivity index (χ3v) is 5.20. The molecule has 0 N–H and O–H groups in total. The number of aromatic nitrogens is 2. The zero-order valence-electron chi connectivity index (χ0n) is 15.4. The summed E-state index contributed by atoms with van der Waals surface area (Å²) >= 11 is 0. The maximum Gasteiger partial charge on any atom is 0.187 e. The van der Waals surface area contributed by atoms with Crippen molar-refractivity contribution in [3.8, 4) is 11.1 Å². The number of aryl methyl sites for hydroxylation is 2. The number of hydrogen-bond donors (Lipinski definition) is 0. The molecule has 1 radical (unpaired) electrons. The first-order valence-electron chi connectivity index (χ1n) is 8.85.